The maximum atomic E-state index is 4.71. The molecule has 0 saturated carbocycles. The van der Waals surface area contributed by atoms with E-state index in [9.17, 15) is 0 Å². The number of nitrogens with one attached hydrogen (secondary N) is 1. The van der Waals surface area contributed by atoms with Crippen molar-refractivity contribution in [1.29, 1.82) is 0 Å². The summed E-state index contributed by atoms with van der Waals surface area (Å²) in [5.74, 6) is 0.874. The van der Waals surface area contributed by atoms with Crippen LogP contribution in [0.3, 0.4) is 0 Å². The van der Waals surface area contributed by atoms with Crippen LogP contribution in [0.1, 0.15) is 18.2 Å². The summed E-state index contributed by atoms with van der Waals surface area (Å²) in [7, 11) is 0. The first-order valence-electron chi connectivity index (χ1n) is 6.29. The third kappa shape index (κ3) is 2.08. The molecular weight excluding hydrogens is 304 g/mol. The molecule has 3 aromatic rings. The lowest BCUT2D eigenvalue weighted by Gasteiger charge is -2.00. The zero-order chi connectivity index (χ0) is 13.6. The molecule has 98 valence electrons. The smallest absolute Gasteiger partial charge is 0.156 e. The molecule has 0 bridgehead atoms. The number of nitrogens with zero attached hydrogens (tertiary/aromatic N) is 3. The van der Waals surface area contributed by atoms with Gasteiger partial charge in [0.15, 0.2) is 5.82 Å². The van der Waals surface area contributed by atoms with Crippen LogP contribution in [0.15, 0.2) is 22.7 Å². The summed E-state index contributed by atoms with van der Waals surface area (Å²) in [6.07, 6.45) is 0. The minimum atomic E-state index is 0.836. The molecule has 4 nitrogen and oxygen atoms in total. The molecule has 0 aliphatic heterocycles. The topological polar surface area (TPSA) is 46.5 Å². The molecule has 0 fully saturated rings. The molecule has 3 rings (SSSR count). The number of imidazole rings is 1. The van der Waals surface area contributed by atoms with E-state index >= 15 is 0 Å². The average Bonchev–Trinajstić information content (AvgIpc) is 2.91. The van der Waals surface area contributed by atoms with Crippen LogP contribution < -0.4 is 0 Å². The monoisotopic (exact) mass is 318 g/mol. The normalized spacial score (nSPS) is 11.4. The van der Waals surface area contributed by atoms with Gasteiger partial charge >= 0.3 is 0 Å². The maximum absolute atomic E-state index is 4.71. The Hall–Kier alpha value is -1.62. The van der Waals surface area contributed by atoms with E-state index in [1.165, 1.54) is 0 Å². The summed E-state index contributed by atoms with van der Waals surface area (Å²) in [5, 5.41) is 4.46. The second kappa shape index (κ2) is 4.49. The zero-order valence-electron chi connectivity index (χ0n) is 11.2. The Morgan fingerprint density at radius 2 is 2.05 bits per heavy atom. The van der Waals surface area contributed by atoms with Gasteiger partial charge in [-0.3, -0.25) is 4.68 Å². The number of H-pyrrole nitrogens is 1. The van der Waals surface area contributed by atoms with Gasteiger partial charge in [0, 0.05) is 11.0 Å². The maximum Gasteiger partial charge on any atom is 0.156 e. The number of halogens is 1. The standard InChI is InChI=1S/C14H15BrN4/c1-4-19-12(6-9(3)18-19)14-16-11-7-10(15)5-8(2)13(11)17-14/h5-7H,4H2,1-3H3,(H,16,17). The molecule has 2 heterocycles. The second-order valence-corrected chi connectivity index (χ2v) is 5.61. The van der Waals surface area contributed by atoms with E-state index in [1.807, 2.05) is 11.6 Å². The first kappa shape index (κ1) is 12.4. The Balaban J connectivity index is 2.23. The predicted molar refractivity (Wildman–Crippen MR) is 80.2 cm³/mol. The van der Waals surface area contributed by atoms with Gasteiger partial charge in [0.25, 0.3) is 0 Å². The molecule has 1 aromatic carbocycles. The highest BCUT2D eigenvalue weighted by Gasteiger charge is 2.12. The summed E-state index contributed by atoms with van der Waals surface area (Å²) < 4.78 is 3.03. The highest BCUT2D eigenvalue weighted by molar-refractivity contribution is 9.10. The molecule has 0 aliphatic rings. The van der Waals surface area contributed by atoms with Gasteiger partial charge in [-0.1, -0.05) is 15.9 Å². The quantitative estimate of drug-likeness (QED) is 0.780. The van der Waals surface area contributed by atoms with Crippen molar-refractivity contribution < 1.29 is 0 Å². The number of fused-ring (bicyclic) bond motifs is 1. The number of aryl methyl sites for hydroxylation is 3. The summed E-state index contributed by atoms with van der Waals surface area (Å²) in [6.45, 7) is 6.99. The van der Waals surface area contributed by atoms with Crippen molar-refractivity contribution in [2.24, 2.45) is 0 Å². The fourth-order valence-electron chi connectivity index (χ4n) is 2.35. The number of aromatic amines is 1. The van der Waals surface area contributed by atoms with E-state index < -0.39 is 0 Å². The molecule has 0 unspecified atom stereocenters. The lowest BCUT2D eigenvalue weighted by molar-refractivity contribution is 0.658. The van der Waals surface area contributed by atoms with Crippen LogP contribution in [0.2, 0.25) is 0 Å². The highest BCUT2D eigenvalue weighted by atomic mass is 79.9. The highest BCUT2D eigenvalue weighted by Crippen LogP contribution is 2.26. The lowest BCUT2D eigenvalue weighted by atomic mass is 10.2. The minimum Gasteiger partial charge on any atom is -0.337 e. The van der Waals surface area contributed by atoms with Gasteiger partial charge in [-0.15, -0.1) is 0 Å². The van der Waals surface area contributed by atoms with Crippen molar-refractivity contribution in [3.63, 3.8) is 0 Å². The van der Waals surface area contributed by atoms with Gasteiger partial charge in [0.1, 0.15) is 5.69 Å². The summed E-state index contributed by atoms with van der Waals surface area (Å²) in [5.41, 5.74) is 5.26. The van der Waals surface area contributed by atoms with Gasteiger partial charge in [-0.05, 0) is 44.5 Å². The summed E-state index contributed by atoms with van der Waals surface area (Å²) in [6, 6.07) is 6.19. The summed E-state index contributed by atoms with van der Waals surface area (Å²) in [4.78, 5) is 8.09. The van der Waals surface area contributed by atoms with Crippen LogP contribution in [0.4, 0.5) is 0 Å². The molecule has 0 saturated heterocycles. The second-order valence-electron chi connectivity index (χ2n) is 4.69. The first-order chi connectivity index (χ1) is 9.08. The van der Waals surface area contributed by atoms with Crippen molar-refractivity contribution in [1.82, 2.24) is 19.7 Å². The van der Waals surface area contributed by atoms with Crippen LogP contribution in [-0.2, 0) is 6.54 Å². The number of hydrogen-bond donors (Lipinski definition) is 1. The fraction of sp³-hybridized carbons (Fsp3) is 0.286. The van der Waals surface area contributed by atoms with Crippen molar-refractivity contribution in [2.45, 2.75) is 27.3 Å². The molecule has 5 heteroatoms. The Labute approximate surface area is 120 Å². The SMILES string of the molecule is CCn1nc(C)cc1-c1nc2c(C)cc(Br)cc2[nH]1. The molecule has 19 heavy (non-hydrogen) atoms. The molecule has 0 spiro atoms. The van der Waals surface area contributed by atoms with Crippen molar-refractivity contribution in [2.75, 3.05) is 0 Å². The predicted octanol–water partition coefficient (Wildman–Crippen LogP) is 3.83. The van der Waals surface area contributed by atoms with E-state index in [0.717, 1.165) is 44.8 Å². The van der Waals surface area contributed by atoms with E-state index in [0.29, 0.717) is 0 Å². The molecular formula is C14H15BrN4. The minimum absolute atomic E-state index is 0.836. The third-order valence-corrected chi connectivity index (χ3v) is 3.64. The van der Waals surface area contributed by atoms with E-state index in [-0.39, 0.29) is 0 Å². The average molecular weight is 319 g/mol. The summed E-state index contributed by atoms with van der Waals surface area (Å²) >= 11 is 3.52. The number of benzene rings is 1. The molecule has 1 N–H and O–H groups in total. The molecule has 0 aliphatic carbocycles. The van der Waals surface area contributed by atoms with Gasteiger partial charge in [-0.25, -0.2) is 4.98 Å². The third-order valence-electron chi connectivity index (χ3n) is 3.19. The number of hydrogen-bond acceptors (Lipinski definition) is 2. The molecule has 2 aromatic heterocycles. The number of aromatic nitrogens is 4. The Bertz CT molecular complexity index is 754. The zero-order valence-corrected chi connectivity index (χ0v) is 12.7. The molecule has 0 amide bonds. The van der Waals surface area contributed by atoms with E-state index in [4.69, 9.17) is 4.98 Å². The van der Waals surface area contributed by atoms with E-state index in [2.05, 4.69) is 58.1 Å². The van der Waals surface area contributed by atoms with Gasteiger partial charge < -0.3 is 4.98 Å². The first-order valence-corrected chi connectivity index (χ1v) is 7.08. The van der Waals surface area contributed by atoms with Gasteiger partial charge in [0.2, 0.25) is 0 Å². The largest absolute Gasteiger partial charge is 0.337 e. The Morgan fingerprint density at radius 1 is 1.26 bits per heavy atom. The molecule has 0 atom stereocenters. The van der Waals surface area contributed by atoms with Gasteiger partial charge in [0.05, 0.1) is 16.7 Å². The molecule has 0 radical (unpaired) electrons. The van der Waals surface area contributed by atoms with Crippen molar-refractivity contribution in [3.05, 3.63) is 33.9 Å². The fourth-order valence-corrected chi connectivity index (χ4v) is 2.92. The van der Waals surface area contributed by atoms with Crippen LogP contribution >= 0.6 is 15.9 Å². The van der Waals surface area contributed by atoms with Crippen molar-refractivity contribution >= 4 is 27.0 Å². The van der Waals surface area contributed by atoms with E-state index in [1.54, 1.807) is 0 Å². The van der Waals surface area contributed by atoms with Gasteiger partial charge in [-0.2, -0.15) is 5.10 Å². The van der Waals surface area contributed by atoms with Crippen LogP contribution in [-0.4, -0.2) is 19.7 Å². The Morgan fingerprint density at radius 3 is 2.79 bits per heavy atom. The lowest BCUT2D eigenvalue weighted by Crippen LogP contribution is -1.99. The Kier molecular flexibility index (Phi) is 2.93. The van der Waals surface area contributed by atoms with Crippen LogP contribution in [0.25, 0.3) is 22.6 Å². The van der Waals surface area contributed by atoms with Crippen LogP contribution in [0, 0.1) is 13.8 Å². The van der Waals surface area contributed by atoms with Crippen LogP contribution in [0.5, 0.6) is 0 Å². The van der Waals surface area contributed by atoms with Crippen molar-refractivity contribution in [3.8, 4) is 11.5 Å². The number of rotatable bonds is 2.